The second-order valence-corrected chi connectivity index (χ2v) is 7.43. The highest BCUT2D eigenvalue weighted by Gasteiger charge is 2.19. The Labute approximate surface area is 172 Å². The van der Waals surface area contributed by atoms with E-state index < -0.39 is 6.10 Å². The molecule has 0 aromatic heterocycles. The van der Waals surface area contributed by atoms with Gasteiger partial charge in [-0.2, -0.15) is 0 Å². The Kier molecular flexibility index (Phi) is 6.61. The van der Waals surface area contributed by atoms with Crippen molar-refractivity contribution in [3.8, 4) is 0 Å². The van der Waals surface area contributed by atoms with Crippen molar-refractivity contribution in [2.24, 2.45) is 0 Å². The fraction of sp³-hybridized carbons (Fsp3) is 0.143. The molecule has 2 unspecified atom stereocenters. The largest absolute Gasteiger partial charge is 0.388 e. The Morgan fingerprint density at radius 1 is 0.815 bits per heavy atom. The molecule has 0 aliphatic heterocycles. The minimum absolute atomic E-state index is 0.268. The Bertz CT molecular complexity index is 900. The van der Waals surface area contributed by atoms with E-state index in [0.717, 1.165) is 16.8 Å². The van der Waals surface area contributed by atoms with Crippen LogP contribution in [-0.2, 0) is 0 Å². The minimum Gasteiger partial charge on any atom is -0.388 e. The highest BCUT2D eigenvalue weighted by Crippen LogP contribution is 2.33. The summed E-state index contributed by atoms with van der Waals surface area (Å²) in [6.07, 6.45) is -0.355. The SMILES string of the molecule is OC(CC(Nc1ccc(F)cc1)c1ccc(Cl)c(Cl)c1)c1ccc(Cl)cc1. The van der Waals surface area contributed by atoms with Gasteiger partial charge in [-0.05, 0) is 59.7 Å². The van der Waals surface area contributed by atoms with Crippen molar-refractivity contribution in [3.05, 3.63) is 98.7 Å². The van der Waals surface area contributed by atoms with E-state index in [9.17, 15) is 9.50 Å². The quantitative estimate of drug-likeness (QED) is 0.444. The molecule has 27 heavy (non-hydrogen) atoms. The Morgan fingerprint density at radius 2 is 1.44 bits per heavy atom. The number of aliphatic hydroxyl groups excluding tert-OH is 1. The molecule has 0 saturated carbocycles. The molecule has 2 nitrogen and oxygen atoms in total. The van der Waals surface area contributed by atoms with Gasteiger partial charge in [-0.1, -0.05) is 53.0 Å². The average molecular weight is 425 g/mol. The molecular weight excluding hydrogens is 408 g/mol. The van der Waals surface area contributed by atoms with E-state index in [4.69, 9.17) is 34.8 Å². The molecule has 6 heteroatoms. The van der Waals surface area contributed by atoms with Crippen molar-refractivity contribution < 1.29 is 9.50 Å². The van der Waals surface area contributed by atoms with Gasteiger partial charge in [-0.25, -0.2) is 4.39 Å². The first kappa shape index (κ1) is 20.0. The molecule has 0 spiro atoms. The lowest BCUT2D eigenvalue weighted by Gasteiger charge is -2.24. The van der Waals surface area contributed by atoms with E-state index in [1.807, 2.05) is 6.07 Å². The van der Waals surface area contributed by atoms with Crippen molar-refractivity contribution in [1.82, 2.24) is 0 Å². The Morgan fingerprint density at radius 3 is 2.07 bits per heavy atom. The molecule has 3 aromatic rings. The zero-order chi connectivity index (χ0) is 19.4. The maximum Gasteiger partial charge on any atom is 0.123 e. The van der Waals surface area contributed by atoms with Gasteiger partial charge in [-0.15, -0.1) is 0 Å². The van der Waals surface area contributed by atoms with E-state index in [0.29, 0.717) is 21.5 Å². The van der Waals surface area contributed by atoms with Crippen LogP contribution in [0, 0.1) is 5.82 Å². The molecule has 2 atom stereocenters. The molecule has 0 heterocycles. The van der Waals surface area contributed by atoms with Crippen LogP contribution < -0.4 is 5.32 Å². The topological polar surface area (TPSA) is 32.3 Å². The number of hydrogen-bond donors (Lipinski definition) is 2. The number of halogens is 4. The van der Waals surface area contributed by atoms with E-state index in [1.54, 1.807) is 48.5 Å². The Balaban J connectivity index is 1.87. The first-order valence-electron chi connectivity index (χ1n) is 8.33. The first-order valence-corrected chi connectivity index (χ1v) is 9.46. The predicted octanol–water partition coefficient (Wildman–Crippen LogP) is 7.06. The zero-order valence-corrected chi connectivity index (χ0v) is 16.4. The molecule has 140 valence electrons. The number of rotatable bonds is 6. The summed E-state index contributed by atoms with van der Waals surface area (Å²) >= 11 is 18.1. The molecule has 0 radical (unpaired) electrons. The van der Waals surface area contributed by atoms with Gasteiger partial charge in [0.05, 0.1) is 22.2 Å². The molecule has 0 aliphatic carbocycles. The van der Waals surface area contributed by atoms with Gasteiger partial charge in [0.25, 0.3) is 0 Å². The third kappa shape index (κ3) is 5.36. The Hall–Kier alpha value is -1.78. The number of anilines is 1. The van der Waals surface area contributed by atoms with Gasteiger partial charge in [0.1, 0.15) is 5.82 Å². The highest BCUT2D eigenvalue weighted by atomic mass is 35.5. The summed E-state index contributed by atoms with van der Waals surface area (Å²) in [6.45, 7) is 0. The molecule has 0 aliphatic rings. The lowest BCUT2D eigenvalue weighted by atomic mass is 9.96. The van der Waals surface area contributed by atoms with Crippen LogP contribution in [0.1, 0.15) is 29.7 Å². The number of nitrogens with one attached hydrogen (secondary N) is 1. The smallest absolute Gasteiger partial charge is 0.123 e. The van der Waals surface area contributed by atoms with E-state index in [1.165, 1.54) is 12.1 Å². The standard InChI is InChI=1S/C21H17Cl3FNO/c22-15-4-1-13(2-5-15)21(27)12-20(14-3-10-18(23)19(24)11-14)26-17-8-6-16(25)7-9-17/h1-11,20-21,26-27H,12H2. The third-order valence-corrected chi connectivity index (χ3v) is 5.24. The normalized spacial score (nSPS) is 13.2. The summed E-state index contributed by atoms with van der Waals surface area (Å²) < 4.78 is 13.2. The minimum atomic E-state index is -0.727. The molecule has 3 rings (SSSR count). The first-order chi connectivity index (χ1) is 12.9. The summed E-state index contributed by atoms with van der Waals surface area (Å²) in [5, 5.41) is 15.5. The summed E-state index contributed by atoms with van der Waals surface area (Å²) in [5.74, 6) is -0.312. The van der Waals surface area contributed by atoms with Crippen LogP contribution in [0.5, 0.6) is 0 Å². The van der Waals surface area contributed by atoms with Crippen LogP contribution >= 0.6 is 34.8 Å². The molecule has 2 N–H and O–H groups in total. The molecule has 0 saturated heterocycles. The third-order valence-electron chi connectivity index (χ3n) is 4.24. The van der Waals surface area contributed by atoms with Crippen molar-refractivity contribution in [1.29, 1.82) is 0 Å². The van der Waals surface area contributed by atoms with Crippen molar-refractivity contribution in [2.45, 2.75) is 18.6 Å². The summed E-state index contributed by atoms with van der Waals surface area (Å²) in [4.78, 5) is 0. The molecule has 0 bridgehead atoms. The maximum atomic E-state index is 13.2. The van der Waals surface area contributed by atoms with Gasteiger partial charge in [0, 0.05) is 17.1 Å². The average Bonchev–Trinajstić information content (AvgIpc) is 2.65. The van der Waals surface area contributed by atoms with Crippen molar-refractivity contribution in [3.63, 3.8) is 0 Å². The van der Waals surface area contributed by atoms with Crippen LogP contribution in [0.3, 0.4) is 0 Å². The van der Waals surface area contributed by atoms with Crippen LogP contribution in [0.2, 0.25) is 15.1 Å². The molecule has 0 fully saturated rings. The van der Waals surface area contributed by atoms with Gasteiger partial charge < -0.3 is 10.4 Å². The summed E-state index contributed by atoms with van der Waals surface area (Å²) in [5.41, 5.74) is 2.35. The number of aliphatic hydroxyl groups is 1. The van der Waals surface area contributed by atoms with Crippen molar-refractivity contribution >= 4 is 40.5 Å². The number of benzene rings is 3. The van der Waals surface area contributed by atoms with Gasteiger partial charge in [-0.3, -0.25) is 0 Å². The van der Waals surface area contributed by atoms with Crippen LogP contribution in [0.15, 0.2) is 66.7 Å². The second kappa shape index (κ2) is 8.94. The summed E-state index contributed by atoms with van der Waals surface area (Å²) in [6, 6.07) is 18.2. The van der Waals surface area contributed by atoms with Crippen molar-refractivity contribution in [2.75, 3.05) is 5.32 Å². The molecule has 3 aromatic carbocycles. The van der Waals surface area contributed by atoms with Crippen LogP contribution in [-0.4, -0.2) is 5.11 Å². The van der Waals surface area contributed by atoms with E-state index >= 15 is 0 Å². The molecular formula is C21H17Cl3FNO. The van der Waals surface area contributed by atoms with E-state index in [2.05, 4.69) is 5.32 Å². The van der Waals surface area contributed by atoms with Crippen LogP contribution in [0.25, 0.3) is 0 Å². The zero-order valence-electron chi connectivity index (χ0n) is 14.2. The second-order valence-electron chi connectivity index (χ2n) is 6.18. The predicted molar refractivity (Wildman–Crippen MR) is 110 cm³/mol. The van der Waals surface area contributed by atoms with Crippen LogP contribution in [0.4, 0.5) is 10.1 Å². The summed E-state index contributed by atoms with van der Waals surface area (Å²) in [7, 11) is 0. The lowest BCUT2D eigenvalue weighted by molar-refractivity contribution is 0.160. The number of hydrogen-bond acceptors (Lipinski definition) is 2. The molecule has 0 amide bonds. The van der Waals surface area contributed by atoms with Gasteiger partial charge in [0.2, 0.25) is 0 Å². The van der Waals surface area contributed by atoms with Gasteiger partial charge >= 0.3 is 0 Å². The monoisotopic (exact) mass is 423 g/mol. The fourth-order valence-corrected chi connectivity index (χ4v) is 3.23. The van der Waals surface area contributed by atoms with Gasteiger partial charge in [0.15, 0.2) is 0 Å². The highest BCUT2D eigenvalue weighted by molar-refractivity contribution is 6.42. The van der Waals surface area contributed by atoms with E-state index in [-0.39, 0.29) is 11.9 Å². The lowest BCUT2D eigenvalue weighted by Crippen LogP contribution is -2.15. The fourth-order valence-electron chi connectivity index (χ4n) is 2.80. The maximum absolute atomic E-state index is 13.2.